The van der Waals surface area contributed by atoms with Gasteiger partial charge in [0.15, 0.2) is 22.6 Å². The molecule has 0 spiro atoms. The molecule has 19 heterocycles. The van der Waals surface area contributed by atoms with Crippen molar-refractivity contribution < 1.29 is 0 Å². The zero-order valence-corrected chi connectivity index (χ0v) is 56.9. The molecule has 0 saturated carbocycles. The van der Waals surface area contributed by atoms with Crippen LogP contribution in [0, 0.1) is 48.5 Å². The maximum atomic E-state index is 4.54. The summed E-state index contributed by atoms with van der Waals surface area (Å²) in [5.41, 5.74) is 25.5. The summed E-state index contributed by atoms with van der Waals surface area (Å²) in [6.45, 7) is 14.5. The van der Waals surface area contributed by atoms with Gasteiger partial charge < -0.3 is 54.4 Å². The number of aryl methyl sites for hydroxylation is 13. The number of para-hydroxylation sites is 2. The van der Waals surface area contributed by atoms with Crippen molar-refractivity contribution in [2.24, 2.45) is 42.3 Å². The van der Waals surface area contributed by atoms with Crippen LogP contribution in [0.25, 0.3) is 117 Å². The number of nitrogens with zero attached hydrogens (tertiary/aromatic N) is 18. The van der Waals surface area contributed by atoms with E-state index < -0.39 is 0 Å². The Morgan fingerprint density at radius 1 is 0.327 bits per heavy atom. The average Bonchev–Trinajstić information content (AvgIpc) is 1.66. The maximum absolute atomic E-state index is 4.54. The molecule has 19 aromatic heterocycles. The van der Waals surface area contributed by atoms with Gasteiger partial charge in [0.2, 0.25) is 0 Å². The number of aromatic nitrogens is 19. The van der Waals surface area contributed by atoms with Gasteiger partial charge >= 0.3 is 0 Å². The Morgan fingerprint density at radius 2 is 0.857 bits per heavy atom. The quantitative estimate of drug-likeness (QED) is 0.161. The summed E-state index contributed by atoms with van der Waals surface area (Å²) in [7, 11) is 12.3. The summed E-state index contributed by atoms with van der Waals surface area (Å²) in [6, 6.07) is 60.7. The molecule has 2 aromatic carbocycles. The van der Waals surface area contributed by atoms with E-state index >= 15 is 0 Å². The van der Waals surface area contributed by atoms with Gasteiger partial charge in [-0.3, -0.25) is 8.80 Å². The van der Waals surface area contributed by atoms with Gasteiger partial charge in [-0.15, -0.1) is 0 Å². The van der Waals surface area contributed by atoms with Crippen LogP contribution < -0.4 is 0 Å². The zero-order valence-electron chi connectivity index (χ0n) is 56.9. The molecule has 1 N–H and O–H groups in total. The highest BCUT2D eigenvalue weighted by Gasteiger charge is 2.15. The summed E-state index contributed by atoms with van der Waals surface area (Å²) in [5.74, 6) is 3.03. The van der Waals surface area contributed by atoms with E-state index in [0.29, 0.717) is 0 Å². The molecule has 0 aliphatic heterocycles. The van der Waals surface area contributed by atoms with Crippen LogP contribution in [0.4, 0.5) is 0 Å². The second kappa shape index (κ2) is 25.1. The number of pyridine rings is 5. The highest BCUT2D eigenvalue weighted by Crippen LogP contribution is 2.27. The third-order valence-corrected chi connectivity index (χ3v) is 19.0. The number of aromatic amines is 1. The topological polar surface area (TPSA) is 141 Å². The molecule has 98 heavy (non-hydrogen) atoms. The van der Waals surface area contributed by atoms with E-state index in [1.54, 1.807) is 0 Å². The van der Waals surface area contributed by atoms with E-state index in [1.165, 1.54) is 100 Å². The number of hydrogen-bond donors (Lipinski definition) is 1. The van der Waals surface area contributed by atoms with Gasteiger partial charge in [-0.25, -0.2) is 24.9 Å². The first-order valence-corrected chi connectivity index (χ1v) is 32.5. The SMILES string of the molecule is C.Cc1cc2c(cc3ccccn32)n1C.Cc1cc2cc3ccccn3c2[nH]1.Cc1cn2c3ccccc3cc2n1C.Cc1cn2c3ccccc3cc2n1C.Cc1nc2c(cn3ccccc23)n1C.Cc1nc2c(nc3ccccn32)n1C.Cc1nc2nc3ccccn3c2n1C. The second-order valence-electron chi connectivity index (χ2n) is 25.1. The van der Waals surface area contributed by atoms with Crippen LogP contribution in [0.1, 0.15) is 47.7 Å². The fourth-order valence-electron chi connectivity index (χ4n) is 13.2. The normalized spacial score (nSPS) is 11.4. The van der Waals surface area contributed by atoms with Crippen molar-refractivity contribution in [3.63, 3.8) is 0 Å². The van der Waals surface area contributed by atoms with Crippen molar-refractivity contribution in [2.45, 2.75) is 55.9 Å². The molecule has 0 saturated heterocycles. The molecular formula is C79H81N19. The number of rotatable bonds is 0. The Labute approximate surface area is 565 Å². The number of H-pyrrole nitrogens is 1. The molecule has 0 radical (unpaired) electrons. The molecule has 0 aliphatic carbocycles. The number of hydrogen-bond acceptors (Lipinski definition) is 5. The lowest BCUT2D eigenvalue weighted by Crippen LogP contribution is -1.95. The van der Waals surface area contributed by atoms with Crippen LogP contribution >= 0.6 is 0 Å². The Balaban J connectivity index is 0.0000000976. The molecule has 0 bridgehead atoms. The largest absolute Gasteiger partial charge is 0.347 e. The summed E-state index contributed by atoms with van der Waals surface area (Å²) < 4.78 is 27.8. The third kappa shape index (κ3) is 11.0. The van der Waals surface area contributed by atoms with Gasteiger partial charge in [0.1, 0.15) is 51.2 Å². The van der Waals surface area contributed by atoms with Crippen molar-refractivity contribution in [3.05, 3.63) is 266 Å². The summed E-state index contributed by atoms with van der Waals surface area (Å²) >= 11 is 0. The van der Waals surface area contributed by atoms with E-state index in [9.17, 15) is 0 Å². The fourth-order valence-corrected chi connectivity index (χ4v) is 13.2. The van der Waals surface area contributed by atoms with Gasteiger partial charge in [0, 0.05) is 142 Å². The minimum atomic E-state index is 0. The number of imidazole rings is 7. The molecule has 0 fully saturated rings. The second-order valence-corrected chi connectivity index (χ2v) is 25.1. The van der Waals surface area contributed by atoms with Crippen molar-refractivity contribution in [1.82, 2.24) is 88.1 Å². The first-order valence-electron chi connectivity index (χ1n) is 32.5. The smallest absolute Gasteiger partial charge is 0.198 e. The number of benzene rings is 2. The van der Waals surface area contributed by atoms with E-state index in [0.717, 1.165) is 56.9 Å². The minimum absolute atomic E-state index is 0. The van der Waals surface area contributed by atoms with Gasteiger partial charge in [-0.05, 0) is 158 Å². The highest BCUT2D eigenvalue weighted by molar-refractivity contribution is 5.93. The molecule has 21 aromatic rings. The van der Waals surface area contributed by atoms with E-state index in [-0.39, 0.29) is 7.43 Å². The lowest BCUT2D eigenvalue weighted by Gasteiger charge is -1.97. The first-order chi connectivity index (χ1) is 47.0. The predicted molar refractivity (Wildman–Crippen MR) is 401 cm³/mol. The maximum Gasteiger partial charge on any atom is 0.198 e. The summed E-state index contributed by atoms with van der Waals surface area (Å²) in [6.07, 6.45) is 16.7. The predicted octanol–water partition coefficient (Wildman–Crippen LogP) is 16.8. The van der Waals surface area contributed by atoms with Gasteiger partial charge in [-0.1, -0.05) is 74.2 Å². The Bertz CT molecular complexity index is 5790. The van der Waals surface area contributed by atoms with E-state index in [2.05, 4.69) is 280 Å². The molecule has 0 aliphatic rings. The first kappa shape index (κ1) is 63.2. The molecular weight excluding hydrogens is 1220 g/mol. The molecule has 21 rings (SSSR count). The number of fused-ring (bicyclic) bond motifs is 21. The van der Waals surface area contributed by atoms with Crippen molar-refractivity contribution >= 4 is 117 Å². The molecule has 0 atom stereocenters. The molecule has 0 amide bonds. The Kier molecular flexibility index (Phi) is 16.2. The zero-order chi connectivity index (χ0) is 67.1. The third-order valence-electron chi connectivity index (χ3n) is 19.0. The molecule has 19 nitrogen and oxygen atoms in total. The van der Waals surface area contributed by atoms with Gasteiger partial charge in [-0.2, -0.15) is 0 Å². The van der Waals surface area contributed by atoms with Crippen LogP contribution in [0.3, 0.4) is 0 Å². The summed E-state index contributed by atoms with van der Waals surface area (Å²) in [4.78, 5) is 25.7. The highest BCUT2D eigenvalue weighted by atomic mass is 15.2. The van der Waals surface area contributed by atoms with E-state index in [4.69, 9.17) is 0 Å². The monoisotopic (exact) mass is 1300 g/mol. The Morgan fingerprint density at radius 3 is 1.52 bits per heavy atom. The van der Waals surface area contributed by atoms with Gasteiger partial charge in [0.05, 0.1) is 33.1 Å². The lowest BCUT2D eigenvalue weighted by molar-refractivity contribution is 0.864. The van der Waals surface area contributed by atoms with Crippen LogP contribution in [0.5, 0.6) is 0 Å². The number of nitrogens with one attached hydrogen (secondary N) is 1. The molecule has 0 unspecified atom stereocenters. The molecule has 19 heteroatoms. The lowest BCUT2D eigenvalue weighted by atomic mass is 10.2. The minimum Gasteiger partial charge on any atom is -0.347 e. The standard InChI is InChI=1S/3C12H12N2.C11H11N3.C11H10N2.2C10H10N4.CH4/c2*1-9-8-14-11-6-4-3-5-10(11)7-12(14)13(9)2;1-9-7-12-11(13(9)2)8-10-5-3-4-6-14(10)12;1-8-12-11-9-5-3-4-6-14(9)7-10(11)13(8)2;1-8-6-9-7-10-4-2-3-5-13(10)11(9)12-8;1-7-11-10-9(13(7)2)12-8-5-3-4-6-14(8)10;1-7-11-9-10(13(7)2)14-6-4-3-5-8(14)12-9;/h3*3-8H,1-2H3;3-7H,1-2H3;2-7,12H,1H3;2*3-6H,1-2H3;1H4. The Hall–Kier alpha value is -12.3. The van der Waals surface area contributed by atoms with Crippen LogP contribution in [-0.4, -0.2) is 88.1 Å². The fraction of sp³-hybridized carbons (Fsp3) is 0.177. The van der Waals surface area contributed by atoms with Crippen LogP contribution in [-0.2, 0) is 42.3 Å². The van der Waals surface area contributed by atoms with Crippen molar-refractivity contribution in [2.75, 3.05) is 0 Å². The average molecular weight is 1300 g/mol. The summed E-state index contributed by atoms with van der Waals surface area (Å²) in [5, 5.41) is 3.89. The van der Waals surface area contributed by atoms with E-state index in [1.807, 2.05) is 124 Å². The van der Waals surface area contributed by atoms with Crippen LogP contribution in [0.15, 0.2) is 225 Å². The van der Waals surface area contributed by atoms with Crippen LogP contribution in [0.2, 0.25) is 0 Å². The van der Waals surface area contributed by atoms with Crippen molar-refractivity contribution in [1.29, 1.82) is 0 Å². The van der Waals surface area contributed by atoms with Gasteiger partial charge in [0.25, 0.3) is 0 Å². The van der Waals surface area contributed by atoms with Crippen molar-refractivity contribution in [3.8, 4) is 0 Å². The molecule has 492 valence electrons.